The van der Waals surface area contributed by atoms with Gasteiger partial charge >= 0.3 is 6.03 Å². The molecule has 2 amide bonds. The Morgan fingerprint density at radius 2 is 2.06 bits per heavy atom. The van der Waals surface area contributed by atoms with Crippen molar-refractivity contribution in [2.24, 2.45) is 0 Å². The molecular formula is C26H32N6OS. The van der Waals surface area contributed by atoms with Gasteiger partial charge in [0, 0.05) is 90.5 Å². The molecule has 34 heavy (non-hydrogen) atoms. The number of carbonyl (C=O) groups excluding carboxylic acids is 1. The van der Waals surface area contributed by atoms with Gasteiger partial charge in [-0.15, -0.1) is 11.3 Å². The fourth-order valence-corrected chi connectivity index (χ4v) is 5.87. The SMILES string of the molecule is CN1CCN(Cc2ccc(-c3cnc4[nH]cc(C5=CCN(C(=O)NC6CC6)CC5)c4c3)s2)CC1. The number of hydrogen-bond acceptors (Lipinski definition) is 5. The van der Waals surface area contributed by atoms with Crippen LogP contribution in [0.25, 0.3) is 27.0 Å². The van der Waals surface area contributed by atoms with E-state index in [9.17, 15) is 4.79 Å². The highest BCUT2D eigenvalue weighted by Crippen LogP contribution is 2.34. The third kappa shape index (κ3) is 4.62. The maximum absolute atomic E-state index is 12.4. The van der Waals surface area contributed by atoms with Crippen molar-refractivity contribution in [3.63, 3.8) is 0 Å². The summed E-state index contributed by atoms with van der Waals surface area (Å²) in [4.78, 5) is 30.0. The van der Waals surface area contributed by atoms with E-state index in [1.54, 1.807) is 0 Å². The van der Waals surface area contributed by atoms with E-state index in [1.807, 2.05) is 22.4 Å². The average Bonchev–Trinajstić information content (AvgIpc) is 3.38. The lowest BCUT2D eigenvalue weighted by Crippen LogP contribution is -2.43. The van der Waals surface area contributed by atoms with Crippen molar-refractivity contribution in [2.45, 2.75) is 31.8 Å². The molecule has 7 nitrogen and oxygen atoms in total. The molecule has 6 rings (SSSR count). The molecule has 0 aromatic carbocycles. The zero-order valence-corrected chi connectivity index (χ0v) is 20.5. The van der Waals surface area contributed by atoms with Crippen LogP contribution in [0.5, 0.6) is 0 Å². The van der Waals surface area contributed by atoms with Crippen LogP contribution in [-0.2, 0) is 6.54 Å². The first kappa shape index (κ1) is 21.8. The summed E-state index contributed by atoms with van der Waals surface area (Å²) in [6.07, 6.45) is 9.35. The van der Waals surface area contributed by atoms with Crippen molar-refractivity contribution in [3.8, 4) is 10.4 Å². The lowest BCUT2D eigenvalue weighted by Gasteiger charge is -2.31. The number of hydrogen-bond donors (Lipinski definition) is 2. The first-order chi connectivity index (χ1) is 16.6. The number of piperazine rings is 1. The van der Waals surface area contributed by atoms with Crippen molar-refractivity contribution in [1.82, 2.24) is 30.0 Å². The fraction of sp³-hybridized carbons (Fsp3) is 0.462. The van der Waals surface area contributed by atoms with Crippen LogP contribution in [0, 0.1) is 0 Å². The van der Waals surface area contributed by atoms with E-state index >= 15 is 0 Å². The predicted octanol–water partition coefficient (Wildman–Crippen LogP) is 4.00. The second-order valence-electron chi connectivity index (χ2n) is 9.82. The topological polar surface area (TPSA) is 67.5 Å². The van der Waals surface area contributed by atoms with Gasteiger partial charge in [-0.25, -0.2) is 9.78 Å². The molecule has 0 unspecified atom stereocenters. The van der Waals surface area contributed by atoms with Gasteiger partial charge in [0.2, 0.25) is 0 Å². The minimum atomic E-state index is 0.0748. The van der Waals surface area contributed by atoms with Crippen molar-refractivity contribution in [2.75, 3.05) is 46.3 Å². The largest absolute Gasteiger partial charge is 0.346 e. The van der Waals surface area contributed by atoms with Gasteiger partial charge in [-0.05, 0) is 50.1 Å². The number of fused-ring (bicyclic) bond motifs is 1. The maximum atomic E-state index is 12.4. The third-order valence-electron chi connectivity index (χ3n) is 7.20. The number of likely N-dealkylation sites (N-methyl/N-ethyl adjacent to an activating group) is 1. The van der Waals surface area contributed by atoms with Gasteiger partial charge in [-0.3, -0.25) is 4.90 Å². The summed E-state index contributed by atoms with van der Waals surface area (Å²) in [6.45, 7) is 7.01. The molecule has 2 N–H and O–H groups in total. The van der Waals surface area contributed by atoms with E-state index < -0.39 is 0 Å². The van der Waals surface area contributed by atoms with E-state index in [0.717, 1.165) is 69.6 Å². The van der Waals surface area contributed by atoms with Gasteiger partial charge in [0.15, 0.2) is 0 Å². The first-order valence-corrected chi connectivity index (χ1v) is 13.2. The van der Waals surface area contributed by atoms with E-state index in [4.69, 9.17) is 4.98 Å². The zero-order valence-electron chi connectivity index (χ0n) is 19.7. The van der Waals surface area contributed by atoms with Gasteiger partial charge < -0.3 is 20.1 Å². The Kier molecular flexibility index (Phi) is 5.89. The van der Waals surface area contributed by atoms with Crippen LogP contribution in [0.3, 0.4) is 0 Å². The number of H-pyrrole nitrogens is 1. The van der Waals surface area contributed by atoms with Crippen molar-refractivity contribution in [3.05, 3.63) is 47.1 Å². The quantitative estimate of drug-likeness (QED) is 0.584. The number of amides is 2. The van der Waals surface area contributed by atoms with Crippen molar-refractivity contribution in [1.29, 1.82) is 0 Å². The highest BCUT2D eigenvalue weighted by atomic mass is 32.1. The Hall–Kier alpha value is -2.68. The molecule has 3 aromatic rings. The van der Waals surface area contributed by atoms with Crippen molar-refractivity contribution < 1.29 is 4.79 Å². The Bertz CT molecular complexity index is 1220. The van der Waals surface area contributed by atoms with Gasteiger partial charge in [-0.1, -0.05) is 6.08 Å². The lowest BCUT2D eigenvalue weighted by atomic mass is 9.99. The molecule has 3 aliphatic rings. The van der Waals surface area contributed by atoms with Gasteiger partial charge in [0.1, 0.15) is 5.65 Å². The maximum Gasteiger partial charge on any atom is 0.317 e. The number of carbonyl (C=O) groups is 1. The van der Waals surface area contributed by atoms with Gasteiger partial charge in [0.25, 0.3) is 0 Å². The van der Waals surface area contributed by atoms with Crippen molar-refractivity contribution >= 4 is 34.0 Å². The van der Waals surface area contributed by atoms with Crippen LogP contribution < -0.4 is 5.32 Å². The zero-order chi connectivity index (χ0) is 23.1. The molecule has 1 saturated heterocycles. The van der Waals surface area contributed by atoms with Crippen LogP contribution in [0.1, 0.15) is 29.7 Å². The smallest absolute Gasteiger partial charge is 0.317 e. The third-order valence-corrected chi connectivity index (χ3v) is 8.32. The van der Waals surface area contributed by atoms with Crippen LogP contribution in [0.15, 0.2) is 36.7 Å². The number of urea groups is 1. The number of aromatic nitrogens is 2. The molecule has 8 heteroatoms. The molecule has 0 radical (unpaired) electrons. The number of pyridine rings is 1. The Labute approximate surface area is 204 Å². The summed E-state index contributed by atoms with van der Waals surface area (Å²) in [5, 5.41) is 4.26. The highest BCUT2D eigenvalue weighted by Gasteiger charge is 2.27. The molecule has 2 fully saturated rings. The number of aromatic amines is 1. The molecule has 1 aliphatic carbocycles. The summed E-state index contributed by atoms with van der Waals surface area (Å²) in [5.74, 6) is 0. The van der Waals surface area contributed by atoms with Crippen LogP contribution in [0.4, 0.5) is 4.79 Å². The minimum Gasteiger partial charge on any atom is -0.346 e. The normalized spacial score (nSPS) is 20.0. The summed E-state index contributed by atoms with van der Waals surface area (Å²) in [5.41, 5.74) is 4.59. The molecule has 5 heterocycles. The molecule has 0 atom stereocenters. The molecular weight excluding hydrogens is 444 g/mol. The first-order valence-electron chi connectivity index (χ1n) is 12.3. The highest BCUT2D eigenvalue weighted by molar-refractivity contribution is 7.15. The molecule has 0 bridgehead atoms. The minimum absolute atomic E-state index is 0.0748. The summed E-state index contributed by atoms with van der Waals surface area (Å²) in [6, 6.07) is 7.25. The fourth-order valence-electron chi connectivity index (χ4n) is 4.84. The summed E-state index contributed by atoms with van der Waals surface area (Å²) in [7, 11) is 2.20. The van der Waals surface area contributed by atoms with Gasteiger partial charge in [-0.2, -0.15) is 0 Å². The molecule has 2 aliphatic heterocycles. The lowest BCUT2D eigenvalue weighted by molar-refractivity contribution is 0.149. The second-order valence-corrected chi connectivity index (χ2v) is 11.0. The van der Waals surface area contributed by atoms with Gasteiger partial charge in [0.05, 0.1) is 0 Å². The molecule has 3 aromatic heterocycles. The number of nitrogens with zero attached hydrogens (tertiary/aromatic N) is 4. The Morgan fingerprint density at radius 1 is 1.21 bits per heavy atom. The Balaban J connectivity index is 1.18. The predicted molar refractivity (Wildman–Crippen MR) is 138 cm³/mol. The average molecular weight is 477 g/mol. The second kappa shape index (κ2) is 9.17. The van der Waals surface area contributed by atoms with E-state index in [0.29, 0.717) is 12.6 Å². The molecule has 1 saturated carbocycles. The Morgan fingerprint density at radius 3 is 2.82 bits per heavy atom. The number of nitrogens with one attached hydrogen (secondary N) is 2. The van der Waals surface area contributed by atoms with Crippen LogP contribution in [0.2, 0.25) is 0 Å². The summed E-state index contributed by atoms with van der Waals surface area (Å²) < 4.78 is 0. The monoisotopic (exact) mass is 476 g/mol. The number of thiophene rings is 1. The standard InChI is InChI=1S/C26H32N6OS/c1-30-10-12-31(13-11-30)17-21-4-5-24(34-21)19-14-22-23(16-28-25(22)27-15-19)18-6-8-32(9-7-18)26(33)29-20-2-3-20/h4-6,14-16,20H,2-3,7-13,17H2,1H3,(H,27,28)(H,29,33). The van der Waals surface area contributed by atoms with E-state index in [2.05, 4.69) is 57.6 Å². The van der Waals surface area contributed by atoms with E-state index in [1.165, 1.54) is 26.5 Å². The molecule has 178 valence electrons. The van der Waals surface area contributed by atoms with E-state index in [-0.39, 0.29) is 6.03 Å². The number of rotatable bonds is 5. The summed E-state index contributed by atoms with van der Waals surface area (Å²) >= 11 is 1.88. The molecule has 0 spiro atoms. The van der Waals surface area contributed by atoms with Crippen LogP contribution >= 0.6 is 11.3 Å². The van der Waals surface area contributed by atoms with Crippen LogP contribution in [-0.4, -0.2) is 83.1 Å².